The molecule has 4 aromatic carbocycles. The van der Waals surface area contributed by atoms with E-state index in [1.165, 1.54) is 0 Å². The molecule has 0 saturated heterocycles. The number of imidazole rings is 2. The Morgan fingerprint density at radius 1 is 0.788 bits per heavy atom. The molecule has 2 aromatic heterocycles. The molecule has 0 radical (unpaired) electrons. The molecule has 2 aliphatic rings. The number of hydrogen-bond donors (Lipinski definition) is 3. The molecule has 2 aliphatic heterocycles. The standard InChI is InChI=1S/C22H20BrN3O5.C17H12BrN3/c23-14-6-7-16-15(10-14)18(13-4-2-1-3-5-13)24-11-17-19(25-12-26(16)17)21(31-9-8-27)20(28)22(29)30;18-13-6-7-16-15(8-13)17(12-4-2-1-3-5-12)20-10-14-9-19-11-21(14)16/h1-7,10,12,20-21,27-28H,8-9,11H2,(H,29,30);1-9,11H,10H2. The molecular formula is C39H32Br2N6O5. The number of aliphatic hydroxyl groups excluding tert-OH is 2. The maximum Gasteiger partial charge on any atom is 0.335 e. The van der Waals surface area contributed by atoms with Crippen molar-refractivity contribution in [1.29, 1.82) is 0 Å². The summed E-state index contributed by atoms with van der Waals surface area (Å²) < 4.78 is 11.4. The number of aliphatic imine (C=N–C) groups is 2. The van der Waals surface area contributed by atoms with Gasteiger partial charge in [0, 0.05) is 31.2 Å². The van der Waals surface area contributed by atoms with Crippen LogP contribution in [0, 0.1) is 0 Å². The van der Waals surface area contributed by atoms with Crippen LogP contribution in [0.3, 0.4) is 0 Å². The average Bonchev–Trinajstić information content (AvgIpc) is 3.73. The van der Waals surface area contributed by atoms with Crippen molar-refractivity contribution in [2.75, 3.05) is 13.2 Å². The number of carboxylic acids is 1. The summed E-state index contributed by atoms with van der Waals surface area (Å²) in [7, 11) is 0. The molecule has 0 amide bonds. The van der Waals surface area contributed by atoms with Gasteiger partial charge >= 0.3 is 5.97 Å². The Hall–Kier alpha value is -5.05. The number of hydrogen-bond acceptors (Lipinski definition) is 8. The highest BCUT2D eigenvalue weighted by atomic mass is 79.9. The first-order valence-electron chi connectivity index (χ1n) is 16.3. The van der Waals surface area contributed by atoms with Crippen LogP contribution in [0.1, 0.15) is 45.4 Å². The summed E-state index contributed by atoms with van der Waals surface area (Å²) in [5.74, 6) is -1.43. The van der Waals surface area contributed by atoms with Crippen LogP contribution in [-0.4, -0.2) is 71.1 Å². The van der Waals surface area contributed by atoms with Gasteiger partial charge in [0.05, 0.1) is 85.0 Å². The number of benzene rings is 4. The van der Waals surface area contributed by atoms with E-state index in [0.717, 1.165) is 59.7 Å². The number of ether oxygens (including phenoxy) is 1. The summed E-state index contributed by atoms with van der Waals surface area (Å²) in [5, 5.41) is 28.7. The van der Waals surface area contributed by atoms with Gasteiger partial charge in [0.25, 0.3) is 0 Å². The summed E-state index contributed by atoms with van der Waals surface area (Å²) in [6.45, 7) is 0.392. The molecule has 3 N–H and O–H groups in total. The number of aliphatic carboxylic acids is 1. The first kappa shape index (κ1) is 35.4. The molecule has 52 heavy (non-hydrogen) atoms. The van der Waals surface area contributed by atoms with E-state index in [-0.39, 0.29) is 25.5 Å². The van der Waals surface area contributed by atoms with Crippen LogP contribution >= 0.6 is 31.9 Å². The smallest absolute Gasteiger partial charge is 0.335 e. The third-order valence-corrected chi connectivity index (χ3v) is 9.63. The number of carboxylic acid groups (broad SMARTS) is 1. The Morgan fingerprint density at radius 3 is 1.94 bits per heavy atom. The average molecular weight is 825 g/mol. The van der Waals surface area contributed by atoms with Crippen molar-refractivity contribution in [3.05, 3.63) is 164 Å². The van der Waals surface area contributed by atoms with Crippen molar-refractivity contribution in [3.8, 4) is 11.4 Å². The highest BCUT2D eigenvalue weighted by Gasteiger charge is 2.34. The molecule has 0 bridgehead atoms. The molecule has 0 fully saturated rings. The van der Waals surface area contributed by atoms with Crippen molar-refractivity contribution in [2.45, 2.75) is 25.3 Å². The lowest BCUT2D eigenvalue weighted by Gasteiger charge is -2.20. The minimum Gasteiger partial charge on any atom is -0.479 e. The Kier molecular flexibility index (Phi) is 10.7. The van der Waals surface area contributed by atoms with E-state index in [2.05, 4.69) is 76.7 Å². The van der Waals surface area contributed by atoms with Crippen molar-refractivity contribution in [3.63, 3.8) is 0 Å². The van der Waals surface area contributed by atoms with Gasteiger partial charge in [-0.2, -0.15) is 0 Å². The van der Waals surface area contributed by atoms with Gasteiger partial charge in [-0.25, -0.2) is 14.8 Å². The molecule has 2 unspecified atom stereocenters. The second kappa shape index (κ2) is 15.7. The van der Waals surface area contributed by atoms with E-state index in [1.54, 1.807) is 6.33 Å². The lowest BCUT2D eigenvalue weighted by Crippen LogP contribution is -2.31. The highest BCUT2D eigenvalue weighted by molar-refractivity contribution is 9.10. The van der Waals surface area contributed by atoms with E-state index in [0.29, 0.717) is 12.2 Å². The molecule has 6 aromatic rings. The van der Waals surface area contributed by atoms with Crippen LogP contribution in [-0.2, 0) is 22.6 Å². The first-order chi connectivity index (χ1) is 25.3. The number of rotatable bonds is 8. The van der Waals surface area contributed by atoms with Crippen molar-refractivity contribution in [2.24, 2.45) is 9.98 Å². The van der Waals surface area contributed by atoms with E-state index < -0.39 is 18.2 Å². The quantitative estimate of drug-likeness (QED) is 0.160. The normalized spacial score (nSPS) is 14.1. The Balaban J connectivity index is 0.000000174. The van der Waals surface area contributed by atoms with Crippen LogP contribution in [0.4, 0.5) is 0 Å². The zero-order valence-electron chi connectivity index (χ0n) is 27.6. The number of aromatic nitrogens is 4. The SMILES string of the molecule is Brc1ccc2c(c1)C(c1ccccc1)=NCc1cncn1-2.O=C(O)C(O)C(OCCO)c1ncn2c1CN=C(c1ccccc1)c1cc(Br)ccc1-2. The van der Waals surface area contributed by atoms with Crippen LogP contribution in [0.5, 0.6) is 0 Å². The third kappa shape index (κ3) is 7.18. The predicted octanol–water partition coefficient (Wildman–Crippen LogP) is 6.47. The van der Waals surface area contributed by atoms with E-state index in [9.17, 15) is 15.0 Å². The number of halogens is 2. The second-order valence-corrected chi connectivity index (χ2v) is 13.7. The van der Waals surface area contributed by atoms with Gasteiger partial charge in [0.2, 0.25) is 0 Å². The molecule has 0 saturated carbocycles. The molecule has 8 rings (SSSR count). The van der Waals surface area contributed by atoms with Gasteiger partial charge in [-0.05, 0) is 36.4 Å². The topological polar surface area (TPSA) is 147 Å². The second-order valence-electron chi connectivity index (χ2n) is 11.9. The Morgan fingerprint density at radius 2 is 1.37 bits per heavy atom. The fourth-order valence-electron chi connectivity index (χ4n) is 6.26. The zero-order valence-corrected chi connectivity index (χ0v) is 30.7. The minimum absolute atomic E-state index is 0.136. The lowest BCUT2D eigenvalue weighted by molar-refractivity contribution is -0.157. The maximum atomic E-state index is 11.4. The molecule has 0 spiro atoms. The minimum atomic E-state index is -1.84. The summed E-state index contributed by atoms with van der Waals surface area (Å²) in [6, 6.07) is 32.2. The van der Waals surface area contributed by atoms with Gasteiger partial charge in [-0.1, -0.05) is 92.5 Å². The molecule has 13 heteroatoms. The third-order valence-electron chi connectivity index (χ3n) is 8.64. The van der Waals surface area contributed by atoms with Gasteiger partial charge in [0.1, 0.15) is 6.10 Å². The fourth-order valence-corrected chi connectivity index (χ4v) is 6.98. The lowest BCUT2D eigenvalue weighted by atomic mass is 10.0. The van der Waals surface area contributed by atoms with Gasteiger partial charge in [-0.3, -0.25) is 9.98 Å². The molecule has 4 heterocycles. The predicted molar refractivity (Wildman–Crippen MR) is 204 cm³/mol. The van der Waals surface area contributed by atoms with Crippen LogP contribution < -0.4 is 0 Å². The Bertz CT molecular complexity index is 2290. The van der Waals surface area contributed by atoms with Crippen LogP contribution in [0.15, 0.2) is 135 Å². The molecular weight excluding hydrogens is 792 g/mol. The van der Waals surface area contributed by atoms with Gasteiger partial charge < -0.3 is 29.2 Å². The van der Waals surface area contributed by atoms with E-state index >= 15 is 0 Å². The molecule has 262 valence electrons. The molecule has 2 atom stereocenters. The summed E-state index contributed by atoms with van der Waals surface area (Å²) in [4.78, 5) is 29.7. The zero-order chi connectivity index (χ0) is 36.2. The summed E-state index contributed by atoms with van der Waals surface area (Å²) >= 11 is 7.09. The largest absolute Gasteiger partial charge is 0.479 e. The van der Waals surface area contributed by atoms with Gasteiger partial charge in [0.15, 0.2) is 6.10 Å². The van der Waals surface area contributed by atoms with Gasteiger partial charge in [-0.15, -0.1) is 0 Å². The fraction of sp³-hybridized carbons (Fsp3) is 0.154. The monoisotopic (exact) mass is 822 g/mol. The summed E-state index contributed by atoms with van der Waals surface area (Å²) in [6.07, 6.45) is 2.23. The number of carbonyl (C=O) groups is 1. The number of aliphatic hydroxyl groups is 2. The Labute approximate surface area is 315 Å². The first-order valence-corrected chi connectivity index (χ1v) is 17.9. The molecule has 0 aliphatic carbocycles. The van der Waals surface area contributed by atoms with E-state index in [1.807, 2.05) is 83.8 Å². The van der Waals surface area contributed by atoms with Crippen LogP contribution in [0.25, 0.3) is 11.4 Å². The molecule has 11 nitrogen and oxygen atoms in total. The number of fused-ring (bicyclic) bond motifs is 6. The van der Waals surface area contributed by atoms with Crippen molar-refractivity contribution < 1.29 is 24.9 Å². The van der Waals surface area contributed by atoms with E-state index in [4.69, 9.17) is 19.8 Å². The van der Waals surface area contributed by atoms with Crippen LogP contribution in [0.2, 0.25) is 0 Å². The van der Waals surface area contributed by atoms with Crippen molar-refractivity contribution >= 4 is 49.3 Å². The number of nitrogens with zero attached hydrogens (tertiary/aromatic N) is 6. The van der Waals surface area contributed by atoms with Crippen molar-refractivity contribution in [1.82, 2.24) is 19.1 Å². The highest BCUT2D eigenvalue weighted by Crippen LogP contribution is 2.33. The maximum absolute atomic E-state index is 11.4. The summed E-state index contributed by atoms with van der Waals surface area (Å²) in [5.41, 5.74) is 9.82.